The molecule has 9 nitrogen and oxygen atoms in total. The first-order valence-corrected chi connectivity index (χ1v) is 13.6. The summed E-state index contributed by atoms with van der Waals surface area (Å²) in [4.78, 5) is 31.5. The summed E-state index contributed by atoms with van der Waals surface area (Å²) in [6.07, 6.45) is 7.94. The van der Waals surface area contributed by atoms with Crippen LogP contribution in [-0.4, -0.2) is 66.8 Å². The van der Waals surface area contributed by atoms with E-state index in [1.165, 1.54) is 38.1 Å². The number of piperidine rings is 1. The van der Waals surface area contributed by atoms with Gasteiger partial charge >= 0.3 is 0 Å². The zero-order valence-corrected chi connectivity index (χ0v) is 23.6. The number of nitrogens with one attached hydrogen (secondary N) is 2. The molecule has 2 N–H and O–H groups in total. The summed E-state index contributed by atoms with van der Waals surface area (Å²) in [7, 11) is 3.64. The molecule has 2 aromatic carbocycles. The SMILES string of the molecule is CO/N=C(C)\C=C\C(=O)Nc1cc2c(Nc3ccc(F)c(Cl)c3)ncnc2cc1N1CCCC2(CCN(C)C2)C1. The molecule has 2 fully saturated rings. The maximum Gasteiger partial charge on any atom is 0.248 e. The normalized spacial score (nSPS) is 20.0. The first kappa shape index (κ1) is 27.8. The van der Waals surface area contributed by atoms with Gasteiger partial charge in [-0.1, -0.05) is 16.8 Å². The van der Waals surface area contributed by atoms with Crippen LogP contribution in [0.15, 0.2) is 54.0 Å². The minimum absolute atomic E-state index is 0.00859. The van der Waals surface area contributed by atoms with Gasteiger partial charge in [-0.25, -0.2) is 14.4 Å². The van der Waals surface area contributed by atoms with E-state index >= 15 is 0 Å². The number of benzene rings is 2. The Hall–Kier alpha value is -3.76. The maximum atomic E-state index is 13.7. The van der Waals surface area contributed by atoms with Gasteiger partial charge in [-0.2, -0.15) is 0 Å². The summed E-state index contributed by atoms with van der Waals surface area (Å²) in [5.74, 6) is -0.280. The largest absolute Gasteiger partial charge is 0.399 e. The molecule has 40 heavy (non-hydrogen) atoms. The lowest BCUT2D eigenvalue weighted by Gasteiger charge is -2.42. The zero-order chi connectivity index (χ0) is 28.3. The van der Waals surface area contributed by atoms with Crippen molar-refractivity contribution in [2.45, 2.75) is 26.2 Å². The fraction of sp³-hybridized carbons (Fsp3) is 0.379. The molecule has 0 bridgehead atoms. The highest BCUT2D eigenvalue weighted by Crippen LogP contribution is 2.42. The molecule has 0 aliphatic carbocycles. The van der Waals surface area contributed by atoms with Crippen LogP contribution in [0.2, 0.25) is 5.02 Å². The number of carbonyl (C=O) groups is 1. The van der Waals surface area contributed by atoms with E-state index in [1.54, 1.807) is 19.1 Å². The summed E-state index contributed by atoms with van der Waals surface area (Å²) in [6.45, 7) is 5.70. The first-order valence-electron chi connectivity index (χ1n) is 13.3. The molecule has 1 spiro atoms. The number of oxime groups is 1. The Bertz CT molecular complexity index is 1480. The Labute approximate surface area is 238 Å². The van der Waals surface area contributed by atoms with Gasteiger partial charge in [0.25, 0.3) is 0 Å². The van der Waals surface area contributed by atoms with Gasteiger partial charge in [0.1, 0.15) is 25.1 Å². The monoisotopic (exact) mass is 565 g/mol. The number of hydrogen-bond acceptors (Lipinski definition) is 8. The van der Waals surface area contributed by atoms with Gasteiger partial charge in [0.15, 0.2) is 0 Å². The van der Waals surface area contributed by atoms with Crippen molar-refractivity contribution in [3.05, 3.63) is 59.7 Å². The number of nitrogens with zero attached hydrogens (tertiary/aromatic N) is 5. The van der Waals surface area contributed by atoms with Crippen LogP contribution in [0.25, 0.3) is 10.9 Å². The topological polar surface area (TPSA) is 95.0 Å². The van der Waals surface area contributed by atoms with E-state index in [0.717, 1.165) is 50.2 Å². The van der Waals surface area contributed by atoms with E-state index in [9.17, 15) is 9.18 Å². The van der Waals surface area contributed by atoms with Crippen molar-refractivity contribution >= 4 is 57.0 Å². The number of amides is 1. The second-order valence-corrected chi connectivity index (χ2v) is 11.0. The van der Waals surface area contributed by atoms with E-state index in [2.05, 4.69) is 42.6 Å². The number of allylic oxidation sites excluding steroid dienone is 1. The van der Waals surface area contributed by atoms with Crippen LogP contribution in [0.4, 0.5) is 27.3 Å². The van der Waals surface area contributed by atoms with Gasteiger partial charge in [-0.15, -0.1) is 0 Å². The molecule has 1 amide bonds. The molecule has 3 aromatic rings. The highest BCUT2D eigenvalue weighted by atomic mass is 35.5. The third kappa shape index (κ3) is 6.18. The molecule has 1 aromatic heterocycles. The second kappa shape index (κ2) is 11.8. The van der Waals surface area contributed by atoms with Crippen molar-refractivity contribution in [2.75, 3.05) is 55.9 Å². The van der Waals surface area contributed by atoms with Crippen molar-refractivity contribution in [2.24, 2.45) is 10.6 Å². The number of likely N-dealkylation sites (tertiary alicyclic amines) is 1. The molecule has 0 saturated carbocycles. The van der Waals surface area contributed by atoms with Crippen LogP contribution in [0.1, 0.15) is 26.2 Å². The Morgan fingerprint density at radius 2 is 2.02 bits per heavy atom. The molecule has 0 radical (unpaired) electrons. The van der Waals surface area contributed by atoms with Crippen molar-refractivity contribution < 1.29 is 14.0 Å². The predicted molar refractivity (Wildman–Crippen MR) is 158 cm³/mol. The van der Waals surface area contributed by atoms with Gasteiger partial charge in [0, 0.05) is 42.2 Å². The highest BCUT2D eigenvalue weighted by Gasteiger charge is 2.40. The number of fused-ring (bicyclic) bond motifs is 1. The number of carbonyl (C=O) groups excluding carboxylic acids is 1. The average molecular weight is 566 g/mol. The van der Waals surface area contributed by atoms with E-state index in [1.807, 2.05) is 12.1 Å². The maximum absolute atomic E-state index is 13.7. The molecular weight excluding hydrogens is 533 g/mol. The number of rotatable bonds is 7. The lowest BCUT2D eigenvalue weighted by Crippen LogP contribution is -2.45. The van der Waals surface area contributed by atoms with Crippen LogP contribution in [0.3, 0.4) is 0 Å². The second-order valence-electron chi connectivity index (χ2n) is 10.6. The minimum atomic E-state index is -0.499. The summed E-state index contributed by atoms with van der Waals surface area (Å²) in [6, 6.07) is 8.29. The van der Waals surface area contributed by atoms with Gasteiger partial charge in [-0.05, 0) is 76.2 Å². The molecule has 2 aliphatic heterocycles. The molecule has 210 valence electrons. The van der Waals surface area contributed by atoms with Crippen molar-refractivity contribution in [3.8, 4) is 0 Å². The number of hydrogen-bond donors (Lipinski definition) is 2. The molecular formula is C29H33ClFN7O2. The van der Waals surface area contributed by atoms with Crippen molar-refractivity contribution in [3.63, 3.8) is 0 Å². The lowest BCUT2D eigenvalue weighted by molar-refractivity contribution is -0.111. The van der Waals surface area contributed by atoms with Gasteiger partial charge in [-0.3, -0.25) is 4.79 Å². The molecule has 1 unspecified atom stereocenters. The summed E-state index contributed by atoms with van der Waals surface area (Å²) < 4.78 is 13.7. The molecule has 3 heterocycles. The lowest BCUT2D eigenvalue weighted by atomic mass is 9.79. The summed E-state index contributed by atoms with van der Waals surface area (Å²) in [5.41, 5.74) is 3.68. The number of halogens is 2. The Morgan fingerprint density at radius 3 is 2.77 bits per heavy atom. The molecule has 2 aliphatic rings. The number of anilines is 4. The number of aromatic nitrogens is 2. The summed E-state index contributed by atoms with van der Waals surface area (Å²) >= 11 is 5.99. The first-order chi connectivity index (χ1) is 19.2. The van der Waals surface area contributed by atoms with Crippen LogP contribution in [-0.2, 0) is 9.63 Å². The van der Waals surface area contributed by atoms with Gasteiger partial charge in [0.05, 0.1) is 27.6 Å². The third-order valence-corrected chi connectivity index (χ3v) is 7.83. The van der Waals surface area contributed by atoms with Gasteiger partial charge < -0.3 is 25.3 Å². The van der Waals surface area contributed by atoms with Crippen LogP contribution in [0.5, 0.6) is 0 Å². The minimum Gasteiger partial charge on any atom is -0.399 e. The predicted octanol–water partition coefficient (Wildman–Crippen LogP) is 5.61. The van der Waals surface area contributed by atoms with Crippen LogP contribution >= 0.6 is 11.6 Å². The van der Waals surface area contributed by atoms with Crippen molar-refractivity contribution in [1.29, 1.82) is 0 Å². The molecule has 5 rings (SSSR count). The van der Waals surface area contributed by atoms with E-state index in [4.69, 9.17) is 16.4 Å². The Balaban J connectivity index is 1.53. The van der Waals surface area contributed by atoms with Crippen LogP contribution < -0.4 is 15.5 Å². The van der Waals surface area contributed by atoms with Crippen molar-refractivity contribution in [1.82, 2.24) is 14.9 Å². The quantitative estimate of drug-likeness (QED) is 0.218. The fourth-order valence-electron chi connectivity index (χ4n) is 5.71. The highest BCUT2D eigenvalue weighted by molar-refractivity contribution is 6.31. The van der Waals surface area contributed by atoms with Crippen LogP contribution in [0, 0.1) is 11.2 Å². The fourth-order valence-corrected chi connectivity index (χ4v) is 5.90. The third-order valence-electron chi connectivity index (χ3n) is 7.54. The standard InChI is InChI=1S/C29H33ClFN7O2/c1-19(36-40-3)5-8-27(39)35-25-14-21-24(32-18-33-28(21)34-20-6-7-23(31)22(30)13-20)15-26(25)38-11-4-9-29(17-38)10-12-37(2)16-29/h5-8,13-15,18H,4,9-12,16-17H2,1-3H3,(H,35,39)(H,32,33,34)/b8-5+,36-19-. The summed E-state index contributed by atoms with van der Waals surface area (Å²) in [5, 5.41) is 10.8. The average Bonchev–Trinajstić information content (AvgIpc) is 3.28. The molecule has 11 heteroatoms. The Kier molecular flexibility index (Phi) is 8.18. The van der Waals surface area contributed by atoms with E-state index in [-0.39, 0.29) is 16.3 Å². The zero-order valence-electron chi connectivity index (χ0n) is 22.9. The molecule has 2 saturated heterocycles. The van der Waals surface area contributed by atoms with Gasteiger partial charge in [0.2, 0.25) is 5.91 Å². The molecule has 1 atom stereocenters. The van der Waals surface area contributed by atoms with E-state index in [0.29, 0.717) is 28.3 Å². The van der Waals surface area contributed by atoms with E-state index < -0.39 is 5.82 Å². The smallest absolute Gasteiger partial charge is 0.248 e. The Morgan fingerprint density at radius 1 is 1.18 bits per heavy atom.